The van der Waals surface area contributed by atoms with Crippen molar-refractivity contribution in [2.24, 2.45) is 5.10 Å². The van der Waals surface area contributed by atoms with Gasteiger partial charge in [0, 0.05) is 21.0 Å². The summed E-state index contributed by atoms with van der Waals surface area (Å²) in [6.45, 7) is 0. The van der Waals surface area contributed by atoms with Crippen molar-refractivity contribution in [3.8, 4) is 16.9 Å². The van der Waals surface area contributed by atoms with Gasteiger partial charge in [0.25, 0.3) is 5.91 Å². The Kier molecular flexibility index (Phi) is 6.91. The fourth-order valence-corrected chi connectivity index (χ4v) is 4.16. The molecule has 1 aromatic heterocycles. The Morgan fingerprint density at radius 3 is 2.41 bits per heavy atom. The number of aromatic amines is 1. The lowest BCUT2D eigenvalue weighted by molar-refractivity contribution is 0.0734. The van der Waals surface area contributed by atoms with Gasteiger partial charge in [0.2, 0.25) is 0 Å². The van der Waals surface area contributed by atoms with Crippen LogP contribution in [0.4, 0.5) is 4.39 Å². The number of aromatic nitrogens is 1. The number of halogens is 2. The predicted octanol–water partition coefficient (Wildman–Crippen LogP) is 6.72. The predicted molar refractivity (Wildman–Crippen MR) is 144 cm³/mol. The van der Waals surface area contributed by atoms with Gasteiger partial charge < -0.3 is 9.72 Å². The molecule has 8 heteroatoms. The summed E-state index contributed by atoms with van der Waals surface area (Å²) in [5, 5.41) is 4.65. The molecule has 0 spiro atoms. The van der Waals surface area contributed by atoms with Gasteiger partial charge in [0.05, 0.1) is 17.3 Å². The average molecular weight is 556 g/mol. The van der Waals surface area contributed by atoms with Crippen LogP contribution < -0.4 is 10.2 Å². The van der Waals surface area contributed by atoms with Crippen molar-refractivity contribution in [2.75, 3.05) is 0 Å². The number of esters is 1. The first-order valence-corrected chi connectivity index (χ1v) is 12.1. The highest BCUT2D eigenvalue weighted by Gasteiger charge is 2.20. The second-order valence-corrected chi connectivity index (χ2v) is 8.95. The van der Waals surface area contributed by atoms with Gasteiger partial charge in [-0.3, -0.25) is 4.79 Å². The van der Waals surface area contributed by atoms with Crippen LogP contribution in [-0.4, -0.2) is 23.1 Å². The third-order valence-electron chi connectivity index (χ3n) is 5.64. The van der Waals surface area contributed by atoms with Crippen LogP contribution in [0, 0.1) is 5.82 Å². The number of nitrogens with zero attached hydrogens (tertiary/aromatic N) is 1. The van der Waals surface area contributed by atoms with Gasteiger partial charge in [-0.2, -0.15) is 5.10 Å². The number of hydrazone groups is 1. The highest BCUT2D eigenvalue weighted by atomic mass is 79.9. The summed E-state index contributed by atoms with van der Waals surface area (Å²) in [4.78, 5) is 28.6. The zero-order valence-electron chi connectivity index (χ0n) is 19.2. The molecule has 0 saturated heterocycles. The number of hydrogen-bond acceptors (Lipinski definition) is 4. The molecule has 37 heavy (non-hydrogen) atoms. The van der Waals surface area contributed by atoms with Gasteiger partial charge in [0.1, 0.15) is 17.3 Å². The SMILES string of the molecule is O=C(Oc1ccccc1C=NNC(=O)c1[nH]c2c(F)cccc2c1-c1ccccc1)c1ccc(Br)cc1. The normalized spacial score (nSPS) is 11.1. The van der Waals surface area contributed by atoms with E-state index >= 15 is 0 Å². The molecular formula is C29H19BrFN3O3. The second kappa shape index (κ2) is 10.6. The molecule has 4 aromatic carbocycles. The maximum atomic E-state index is 14.5. The molecule has 0 saturated carbocycles. The van der Waals surface area contributed by atoms with E-state index in [1.807, 2.05) is 30.3 Å². The second-order valence-electron chi connectivity index (χ2n) is 8.04. The van der Waals surface area contributed by atoms with E-state index in [-0.39, 0.29) is 17.0 Å². The van der Waals surface area contributed by atoms with Crippen molar-refractivity contribution in [3.63, 3.8) is 0 Å². The van der Waals surface area contributed by atoms with E-state index in [0.717, 1.165) is 10.0 Å². The maximum Gasteiger partial charge on any atom is 0.343 e. The van der Waals surface area contributed by atoms with Crippen molar-refractivity contribution in [2.45, 2.75) is 0 Å². The Labute approximate surface area is 219 Å². The van der Waals surface area contributed by atoms with E-state index in [1.165, 1.54) is 12.3 Å². The van der Waals surface area contributed by atoms with Gasteiger partial charge >= 0.3 is 5.97 Å². The van der Waals surface area contributed by atoms with E-state index in [2.05, 4.69) is 31.4 Å². The number of nitrogens with one attached hydrogen (secondary N) is 2. The summed E-state index contributed by atoms with van der Waals surface area (Å²) in [5.41, 5.74) is 5.12. The molecule has 1 heterocycles. The largest absolute Gasteiger partial charge is 0.422 e. The number of fused-ring (bicyclic) bond motifs is 1. The number of para-hydroxylation sites is 2. The number of ether oxygens (including phenoxy) is 1. The van der Waals surface area contributed by atoms with Crippen LogP contribution in [-0.2, 0) is 0 Å². The summed E-state index contributed by atoms with van der Waals surface area (Å²) in [6, 6.07) is 27.6. The zero-order chi connectivity index (χ0) is 25.8. The molecule has 0 bridgehead atoms. The van der Waals surface area contributed by atoms with Crippen LogP contribution in [0.1, 0.15) is 26.4 Å². The van der Waals surface area contributed by atoms with E-state index < -0.39 is 17.7 Å². The molecule has 0 aliphatic carbocycles. The first-order valence-electron chi connectivity index (χ1n) is 11.3. The lowest BCUT2D eigenvalue weighted by Gasteiger charge is -2.07. The van der Waals surface area contributed by atoms with Crippen LogP contribution >= 0.6 is 15.9 Å². The molecule has 0 atom stereocenters. The van der Waals surface area contributed by atoms with Crippen molar-refractivity contribution in [3.05, 3.63) is 124 Å². The third-order valence-corrected chi connectivity index (χ3v) is 6.17. The Bertz CT molecular complexity index is 1630. The fraction of sp³-hybridized carbons (Fsp3) is 0. The minimum atomic E-state index is -0.546. The molecule has 0 fully saturated rings. The number of carbonyl (C=O) groups excluding carboxylic acids is 2. The van der Waals surface area contributed by atoms with Crippen LogP contribution in [0.3, 0.4) is 0 Å². The van der Waals surface area contributed by atoms with Gasteiger partial charge in [-0.1, -0.05) is 70.5 Å². The molecule has 5 aromatic rings. The van der Waals surface area contributed by atoms with Crippen LogP contribution in [0.25, 0.3) is 22.0 Å². The third kappa shape index (κ3) is 5.19. The van der Waals surface area contributed by atoms with Gasteiger partial charge in [0.15, 0.2) is 0 Å². The fourth-order valence-electron chi connectivity index (χ4n) is 3.90. The van der Waals surface area contributed by atoms with E-state index in [9.17, 15) is 14.0 Å². The van der Waals surface area contributed by atoms with E-state index in [0.29, 0.717) is 22.1 Å². The first-order chi connectivity index (χ1) is 18.0. The Morgan fingerprint density at radius 2 is 1.62 bits per heavy atom. The smallest absolute Gasteiger partial charge is 0.343 e. The highest BCUT2D eigenvalue weighted by Crippen LogP contribution is 2.33. The van der Waals surface area contributed by atoms with Crippen LogP contribution in [0.5, 0.6) is 5.75 Å². The standard InChI is InChI=1S/C29H19BrFN3O3/c30-21-15-13-19(14-16-21)29(36)37-24-12-5-4-9-20(24)17-32-34-28(35)27-25(18-7-2-1-3-8-18)22-10-6-11-23(31)26(22)33-27/h1-17,33H,(H,34,35). The van der Waals surface area contributed by atoms with Crippen molar-refractivity contribution < 1.29 is 18.7 Å². The summed E-state index contributed by atoms with van der Waals surface area (Å²) < 4.78 is 20.9. The summed E-state index contributed by atoms with van der Waals surface area (Å²) in [7, 11) is 0. The molecule has 2 N–H and O–H groups in total. The minimum Gasteiger partial charge on any atom is -0.422 e. The van der Waals surface area contributed by atoms with Gasteiger partial charge in [-0.15, -0.1) is 0 Å². The molecular weight excluding hydrogens is 537 g/mol. The van der Waals surface area contributed by atoms with E-state index in [1.54, 1.807) is 60.7 Å². The lowest BCUT2D eigenvalue weighted by atomic mass is 10.0. The zero-order valence-corrected chi connectivity index (χ0v) is 20.8. The molecule has 5 rings (SSSR count). The molecule has 0 unspecified atom stereocenters. The number of hydrogen-bond donors (Lipinski definition) is 2. The summed E-state index contributed by atoms with van der Waals surface area (Å²) in [6.07, 6.45) is 1.38. The Balaban J connectivity index is 1.39. The monoisotopic (exact) mass is 555 g/mol. The molecule has 0 aliphatic rings. The molecule has 182 valence electrons. The summed E-state index contributed by atoms with van der Waals surface area (Å²) >= 11 is 3.34. The quantitative estimate of drug-likeness (QED) is 0.105. The van der Waals surface area contributed by atoms with Crippen LogP contribution in [0.2, 0.25) is 0 Å². The Morgan fingerprint density at radius 1 is 0.892 bits per heavy atom. The summed E-state index contributed by atoms with van der Waals surface area (Å²) in [5.74, 6) is -1.25. The molecule has 1 amide bonds. The average Bonchev–Trinajstić information content (AvgIpc) is 3.31. The van der Waals surface area contributed by atoms with Crippen molar-refractivity contribution in [1.82, 2.24) is 10.4 Å². The Hall–Kier alpha value is -4.56. The number of benzene rings is 4. The van der Waals surface area contributed by atoms with Crippen LogP contribution in [0.15, 0.2) is 107 Å². The number of H-pyrrole nitrogens is 1. The number of rotatable bonds is 6. The van der Waals surface area contributed by atoms with Gasteiger partial charge in [-0.25, -0.2) is 14.6 Å². The maximum absolute atomic E-state index is 14.5. The van der Waals surface area contributed by atoms with Gasteiger partial charge in [-0.05, 0) is 48.0 Å². The number of carbonyl (C=O) groups is 2. The molecule has 0 aliphatic heterocycles. The van der Waals surface area contributed by atoms with Crippen molar-refractivity contribution in [1.29, 1.82) is 0 Å². The first kappa shape index (κ1) is 24.1. The topological polar surface area (TPSA) is 83.5 Å². The lowest BCUT2D eigenvalue weighted by Crippen LogP contribution is -2.19. The van der Waals surface area contributed by atoms with Crippen molar-refractivity contribution >= 4 is 44.9 Å². The number of amides is 1. The minimum absolute atomic E-state index is 0.179. The van der Waals surface area contributed by atoms with E-state index in [4.69, 9.17) is 4.74 Å². The molecule has 6 nitrogen and oxygen atoms in total. The molecule has 0 radical (unpaired) electrons. The highest BCUT2D eigenvalue weighted by molar-refractivity contribution is 9.10.